The average Bonchev–Trinajstić information content (AvgIpc) is 2.83. The first-order chi connectivity index (χ1) is 10.1. The average molecular weight is 286 g/mol. The minimum atomic E-state index is 0.0742. The highest BCUT2D eigenvalue weighted by molar-refractivity contribution is 5.88. The monoisotopic (exact) mass is 286 g/mol. The molecule has 3 rings (SSSR count). The van der Waals surface area contributed by atoms with Crippen LogP contribution in [0.25, 0.3) is 10.9 Å². The molecule has 0 spiro atoms. The quantitative estimate of drug-likeness (QED) is 0.911. The number of H-pyrrole nitrogens is 1. The Hall–Kier alpha value is -1.97. The number of fused-ring (bicyclic) bond motifs is 3. The highest BCUT2D eigenvalue weighted by atomic mass is 16.5. The maximum absolute atomic E-state index is 12.3. The lowest BCUT2D eigenvalue weighted by Gasteiger charge is -2.23. The van der Waals surface area contributed by atoms with Gasteiger partial charge in [-0.2, -0.15) is 0 Å². The Kier molecular flexibility index (Phi) is 3.62. The molecule has 1 aromatic carbocycles. The van der Waals surface area contributed by atoms with Crippen molar-refractivity contribution in [1.82, 2.24) is 10.3 Å². The third kappa shape index (κ3) is 2.62. The number of hydrogen-bond acceptors (Lipinski definition) is 2. The van der Waals surface area contributed by atoms with Gasteiger partial charge in [0.1, 0.15) is 5.75 Å². The van der Waals surface area contributed by atoms with Crippen molar-refractivity contribution in [2.24, 2.45) is 5.92 Å². The van der Waals surface area contributed by atoms with Crippen molar-refractivity contribution in [2.75, 3.05) is 7.11 Å². The molecule has 2 N–H and O–H groups in total. The minimum absolute atomic E-state index is 0.0742. The Bertz CT molecular complexity index is 673. The predicted molar refractivity (Wildman–Crippen MR) is 83.6 cm³/mol. The molecule has 1 unspecified atom stereocenters. The van der Waals surface area contributed by atoms with Gasteiger partial charge in [-0.1, -0.05) is 0 Å². The Morgan fingerprint density at radius 3 is 2.95 bits per heavy atom. The zero-order chi connectivity index (χ0) is 15.0. The van der Waals surface area contributed by atoms with Crippen LogP contribution < -0.4 is 10.1 Å². The number of methoxy groups -OCH3 is 1. The molecular formula is C17H22N2O2. The Balaban J connectivity index is 1.92. The number of carbonyl (C=O) groups excluding carboxylic acids is 1. The van der Waals surface area contributed by atoms with Crippen LogP contribution in [-0.4, -0.2) is 24.0 Å². The third-order valence-corrected chi connectivity index (χ3v) is 4.20. The van der Waals surface area contributed by atoms with Crippen molar-refractivity contribution in [3.8, 4) is 5.75 Å². The predicted octanol–water partition coefficient (Wildman–Crippen LogP) is 2.81. The van der Waals surface area contributed by atoms with Crippen LogP contribution in [0.5, 0.6) is 5.75 Å². The van der Waals surface area contributed by atoms with Gasteiger partial charge in [-0.05, 0) is 56.9 Å². The molecule has 0 saturated heterocycles. The molecule has 0 aliphatic heterocycles. The van der Waals surface area contributed by atoms with E-state index in [2.05, 4.69) is 22.4 Å². The molecule has 1 amide bonds. The summed E-state index contributed by atoms with van der Waals surface area (Å²) in [5.74, 6) is 1.11. The zero-order valence-electron chi connectivity index (χ0n) is 12.8. The number of aromatic amines is 1. The fourth-order valence-electron chi connectivity index (χ4n) is 3.15. The summed E-state index contributed by atoms with van der Waals surface area (Å²) >= 11 is 0. The van der Waals surface area contributed by atoms with Crippen LogP contribution in [-0.2, 0) is 17.6 Å². The van der Waals surface area contributed by atoms with Gasteiger partial charge < -0.3 is 15.0 Å². The van der Waals surface area contributed by atoms with Crippen LogP contribution in [0, 0.1) is 5.92 Å². The van der Waals surface area contributed by atoms with Gasteiger partial charge >= 0.3 is 0 Å². The molecule has 1 aliphatic rings. The third-order valence-electron chi connectivity index (χ3n) is 4.20. The van der Waals surface area contributed by atoms with Crippen LogP contribution >= 0.6 is 0 Å². The van der Waals surface area contributed by atoms with Gasteiger partial charge in [-0.15, -0.1) is 0 Å². The number of benzene rings is 1. The number of ether oxygens (including phenoxy) is 1. The fourth-order valence-corrected chi connectivity index (χ4v) is 3.15. The molecule has 4 nitrogen and oxygen atoms in total. The number of rotatable bonds is 3. The molecule has 1 aromatic heterocycles. The van der Waals surface area contributed by atoms with E-state index < -0.39 is 0 Å². The molecule has 0 fully saturated rings. The van der Waals surface area contributed by atoms with Crippen molar-refractivity contribution >= 4 is 16.8 Å². The summed E-state index contributed by atoms with van der Waals surface area (Å²) < 4.78 is 5.32. The second kappa shape index (κ2) is 5.43. The molecular weight excluding hydrogens is 264 g/mol. The number of hydrogen-bond donors (Lipinski definition) is 2. The maximum atomic E-state index is 12.3. The van der Waals surface area contributed by atoms with E-state index in [-0.39, 0.29) is 17.9 Å². The molecule has 0 radical (unpaired) electrons. The number of nitrogens with one attached hydrogen (secondary N) is 2. The van der Waals surface area contributed by atoms with Crippen LogP contribution in [0.1, 0.15) is 31.5 Å². The summed E-state index contributed by atoms with van der Waals surface area (Å²) in [6, 6.07) is 6.28. The fraction of sp³-hybridized carbons (Fsp3) is 0.471. The molecule has 4 heteroatoms. The van der Waals surface area contributed by atoms with Crippen molar-refractivity contribution in [1.29, 1.82) is 0 Å². The van der Waals surface area contributed by atoms with Gasteiger partial charge in [0, 0.05) is 28.6 Å². The summed E-state index contributed by atoms with van der Waals surface area (Å²) in [5.41, 5.74) is 3.68. The van der Waals surface area contributed by atoms with E-state index in [4.69, 9.17) is 4.74 Å². The largest absolute Gasteiger partial charge is 0.497 e. The van der Waals surface area contributed by atoms with E-state index in [9.17, 15) is 4.79 Å². The number of aromatic nitrogens is 1. The number of carbonyl (C=O) groups is 1. The van der Waals surface area contributed by atoms with Crippen LogP contribution in [0.3, 0.4) is 0 Å². The van der Waals surface area contributed by atoms with Crippen molar-refractivity contribution in [2.45, 2.75) is 39.2 Å². The molecule has 21 heavy (non-hydrogen) atoms. The van der Waals surface area contributed by atoms with Crippen LogP contribution in [0.4, 0.5) is 0 Å². The van der Waals surface area contributed by atoms with Crippen molar-refractivity contribution in [3.63, 3.8) is 0 Å². The topological polar surface area (TPSA) is 54.1 Å². The van der Waals surface area contributed by atoms with E-state index in [0.717, 1.165) is 30.5 Å². The van der Waals surface area contributed by atoms with Gasteiger partial charge in [0.05, 0.1) is 7.11 Å². The van der Waals surface area contributed by atoms with E-state index in [0.29, 0.717) is 0 Å². The van der Waals surface area contributed by atoms with Gasteiger partial charge in [-0.25, -0.2) is 0 Å². The summed E-state index contributed by atoms with van der Waals surface area (Å²) in [5, 5.41) is 4.22. The molecule has 1 atom stereocenters. The molecule has 112 valence electrons. The van der Waals surface area contributed by atoms with E-state index in [1.807, 2.05) is 19.9 Å². The SMILES string of the molecule is COc1ccc2[nH]c3c(c2c1)CC(C(=O)NC(C)C)CC3. The van der Waals surface area contributed by atoms with Gasteiger partial charge in [0.2, 0.25) is 5.91 Å². The standard InChI is InChI=1S/C17H22N2O2/c1-10(2)18-17(20)11-4-6-15-13(8-11)14-9-12(21-3)5-7-16(14)19-15/h5,7,9-11,19H,4,6,8H2,1-3H3,(H,18,20). The lowest BCUT2D eigenvalue weighted by Crippen LogP contribution is -2.37. The first-order valence-corrected chi connectivity index (χ1v) is 7.56. The van der Waals surface area contributed by atoms with Gasteiger partial charge in [0.15, 0.2) is 0 Å². The van der Waals surface area contributed by atoms with E-state index >= 15 is 0 Å². The smallest absolute Gasteiger partial charge is 0.223 e. The highest BCUT2D eigenvalue weighted by Crippen LogP contribution is 2.33. The Morgan fingerprint density at radius 1 is 1.43 bits per heavy atom. The van der Waals surface area contributed by atoms with Crippen molar-refractivity contribution in [3.05, 3.63) is 29.5 Å². The number of amides is 1. The second-order valence-corrected chi connectivity index (χ2v) is 6.10. The zero-order valence-corrected chi connectivity index (χ0v) is 12.8. The van der Waals surface area contributed by atoms with Gasteiger partial charge in [0.25, 0.3) is 0 Å². The minimum Gasteiger partial charge on any atom is -0.497 e. The van der Waals surface area contributed by atoms with Gasteiger partial charge in [-0.3, -0.25) is 4.79 Å². The normalized spacial score (nSPS) is 17.8. The Morgan fingerprint density at radius 2 is 2.24 bits per heavy atom. The van der Waals surface area contributed by atoms with E-state index in [1.54, 1.807) is 7.11 Å². The molecule has 0 saturated carbocycles. The van der Waals surface area contributed by atoms with Crippen LogP contribution in [0.2, 0.25) is 0 Å². The lowest BCUT2D eigenvalue weighted by atomic mass is 9.85. The summed E-state index contributed by atoms with van der Waals surface area (Å²) in [6.45, 7) is 4.01. The van der Waals surface area contributed by atoms with Crippen LogP contribution in [0.15, 0.2) is 18.2 Å². The molecule has 1 heterocycles. The van der Waals surface area contributed by atoms with Crippen molar-refractivity contribution < 1.29 is 9.53 Å². The van der Waals surface area contributed by atoms with E-state index in [1.165, 1.54) is 16.6 Å². The number of aryl methyl sites for hydroxylation is 1. The maximum Gasteiger partial charge on any atom is 0.223 e. The first kappa shape index (κ1) is 14.0. The molecule has 0 bridgehead atoms. The Labute approximate surface area is 124 Å². The first-order valence-electron chi connectivity index (χ1n) is 7.56. The second-order valence-electron chi connectivity index (χ2n) is 6.10. The highest BCUT2D eigenvalue weighted by Gasteiger charge is 2.27. The summed E-state index contributed by atoms with van der Waals surface area (Å²) in [7, 11) is 1.68. The summed E-state index contributed by atoms with van der Waals surface area (Å²) in [6.07, 6.45) is 2.65. The molecule has 1 aliphatic carbocycles. The molecule has 2 aromatic rings. The lowest BCUT2D eigenvalue weighted by molar-refractivity contribution is -0.125. The summed E-state index contributed by atoms with van der Waals surface area (Å²) in [4.78, 5) is 15.7.